The number of carbonyl (C=O) groups excluding carboxylic acids is 2. The molecule has 104 valence electrons. The summed E-state index contributed by atoms with van der Waals surface area (Å²) in [4.78, 5) is 25.6. The first-order valence-corrected chi connectivity index (χ1v) is 6.66. The summed E-state index contributed by atoms with van der Waals surface area (Å²) in [6, 6.07) is -0.660. The highest BCUT2D eigenvalue weighted by molar-refractivity contribution is 5.97. The Kier molecular flexibility index (Phi) is 5.14. The van der Waals surface area contributed by atoms with Crippen LogP contribution < -0.4 is 10.6 Å². The van der Waals surface area contributed by atoms with Gasteiger partial charge in [0.05, 0.1) is 6.04 Å². The Morgan fingerprint density at radius 1 is 1.11 bits per heavy atom. The first-order valence-electron chi connectivity index (χ1n) is 6.66. The molecule has 1 saturated heterocycles. The van der Waals surface area contributed by atoms with Gasteiger partial charge < -0.3 is 5.32 Å². The molecule has 0 bridgehead atoms. The molecular weight excluding hydrogens is 230 g/mol. The molecule has 1 aliphatic heterocycles. The number of hydrogen-bond acceptors (Lipinski definition) is 3. The van der Waals surface area contributed by atoms with E-state index < -0.39 is 6.03 Å². The van der Waals surface area contributed by atoms with Crippen molar-refractivity contribution >= 4 is 11.9 Å². The molecule has 2 N–H and O–H groups in total. The lowest BCUT2D eigenvalue weighted by Gasteiger charge is -2.31. The smallest absolute Gasteiger partial charge is 0.321 e. The molecule has 5 nitrogen and oxygen atoms in total. The van der Waals surface area contributed by atoms with Crippen LogP contribution in [0.4, 0.5) is 4.79 Å². The Hall–Kier alpha value is -1.10. The molecule has 0 spiro atoms. The maximum Gasteiger partial charge on any atom is 0.321 e. The average Bonchev–Trinajstić information content (AvgIpc) is 2.26. The summed E-state index contributed by atoms with van der Waals surface area (Å²) in [6.45, 7) is 9.37. The van der Waals surface area contributed by atoms with Gasteiger partial charge in [0.15, 0.2) is 0 Å². The fourth-order valence-electron chi connectivity index (χ4n) is 2.06. The second kappa shape index (κ2) is 6.18. The summed E-state index contributed by atoms with van der Waals surface area (Å²) >= 11 is 0. The van der Waals surface area contributed by atoms with E-state index in [1.165, 1.54) is 6.42 Å². The second-order valence-electron chi connectivity index (χ2n) is 5.97. The van der Waals surface area contributed by atoms with Gasteiger partial charge in [-0.05, 0) is 53.6 Å². The zero-order valence-corrected chi connectivity index (χ0v) is 11.9. The van der Waals surface area contributed by atoms with Crippen LogP contribution in [0.25, 0.3) is 0 Å². The van der Waals surface area contributed by atoms with E-state index in [4.69, 9.17) is 0 Å². The van der Waals surface area contributed by atoms with Crippen LogP contribution >= 0.6 is 0 Å². The maximum absolute atomic E-state index is 11.9. The minimum Gasteiger partial charge on any atom is -0.333 e. The number of likely N-dealkylation sites (tertiary alicyclic amines) is 1. The van der Waals surface area contributed by atoms with E-state index in [-0.39, 0.29) is 17.5 Å². The third-order valence-corrected chi connectivity index (χ3v) is 3.04. The molecule has 1 unspecified atom stereocenters. The van der Waals surface area contributed by atoms with E-state index >= 15 is 0 Å². The largest absolute Gasteiger partial charge is 0.333 e. The number of carbonyl (C=O) groups is 2. The van der Waals surface area contributed by atoms with Crippen LogP contribution in [0.15, 0.2) is 0 Å². The summed E-state index contributed by atoms with van der Waals surface area (Å²) in [5.74, 6) is -0.223. The topological polar surface area (TPSA) is 61.4 Å². The molecule has 18 heavy (non-hydrogen) atoms. The fraction of sp³-hybridized carbons (Fsp3) is 0.846. The molecule has 1 heterocycles. The van der Waals surface area contributed by atoms with Gasteiger partial charge >= 0.3 is 6.03 Å². The van der Waals surface area contributed by atoms with Gasteiger partial charge in [-0.25, -0.2) is 4.79 Å². The Bertz CT molecular complexity index is 304. The number of nitrogens with one attached hydrogen (secondary N) is 2. The zero-order valence-electron chi connectivity index (χ0n) is 11.9. The van der Waals surface area contributed by atoms with Crippen molar-refractivity contribution in [3.63, 3.8) is 0 Å². The van der Waals surface area contributed by atoms with Crippen molar-refractivity contribution in [1.82, 2.24) is 15.5 Å². The van der Waals surface area contributed by atoms with E-state index in [2.05, 4.69) is 15.5 Å². The fourth-order valence-corrected chi connectivity index (χ4v) is 2.06. The summed E-state index contributed by atoms with van der Waals surface area (Å²) in [6.07, 6.45) is 3.49. The molecule has 0 radical (unpaired) electrons. The van der Waals surface area contributed by atoms with Crippen molar-refractivity contribution in [1.29, 1.82) is 0 Å². The second-order valence-corrected chi connectivity index (χ2v) is 5.97. The van der Waals surface area contributed by atoms with Crippen molar-refractivity contribution in [3.05, 3.63) is 0 Å². The summed E-state index contributed by atoms with van der Waals surface area (Å²) in [7, 11) is 0. The lowest BCUT2D eigenvalue weighted by molar-refractivity contribution is -0.125. The molecule has 1 atom stereocenters. The van der Waals surface area contributed by atoms with Crippen LogP contribution in [0.2, 0.25) is 0 Å². The number of urea groups is 1. The van der Waals surface area contributed by atoms with Crippen LogP contribution in [0.5, 0.6) is 0 Å². The summed E-state index contributed by atoms with van der Waals surface area (Å²) in [5, 5.41) is 5.12. The Morgan fingerprint density at radius 2 is 1.67 bits per heavy atom. The van der Waals surface area contributed by atoms with Crippen LogP contribution in [0, 0.1) is 0 Å². The Morgan fingerprint density at radius 3 is 2.17 bits per heavy atom. The van der Waals surface area contributed by atoms with E-state index in [1.807, 2.05) is 27.7 Å². The predicted octanol–water partition coefficient (Wildman–Crippen LogP) is 1.49. The molecular formula is C13H25N3O2. The standard InChI is InChI=1S/C13H25N3O2/c1-10(16-8-6-5-7-9-16)11(17)14-12(18)15-13(2,3)4/h10H,5-9H2,1-4H3,(H2,14,15,17,18). The van der Waals surface area contributed by atoms with Gasteiger partial charge in [0.25, 0.3) is 0 Å². The average molecular weight is 255 g/mol. The monoisotopic (exact) mass is 255 g/mol. The van der Waals surface area contributed by atoms with Gasteiger partial charge in [-0.1, -0.05) is 6.42 Å². The van der Waals surface area contributed by atoms with Gasteiger partial charge in [-0.3, -0.25) is 15.0 Å². The van der Waals surface area contributed by atoms with Gasteiger partial charge in [-0.15, -0.1) is 0 Å². The molecule has 1 aliphatic rings. The van der Waals surface area contributed by atoms with Crippen LogP contribution in [0.3, 0.4) is 0 Å². The first kappa shape index (κ1) is 15.0. The number of piperidine rings is 1. The molecule has 0 aromatic heterocycles. The highest BCUT2D eigenvalue weighted by atomic mass is 16.2. The van der Waals surface area contributed by atoms with Gasteiger partial charge in [0.1, 0.15) is 0 Å². The van der Waals surface area contributed by atoms with Crippen LogP contribution in [-0.2, 0) is 4.79 Å². The summed E-state index contributed by atoms with van der Waals surface area (Å²) < 4.78 is 0. The lowest BCUT2D eigenvalue weighted by Crippen LogP contribution is -2.53. The number of imide groups is 1. The van der Waals surface area contributed by atoms with E-state index in [1.54, 1.807) is 0 Å². The highest BCUT2D eigenvalue weighted by Crippen LogP contribution is 2.11. The van der Waals surface area contributed by atoms with Gasteiger partial charge in [0.2, 0.25) is 5.91 Å². The molecule has 1 rings (SSSR count). The molecule has 5 heteroatoms. The third kappa shape index (κ3) is 5.04. The van der Waals surface area contributed by atoms with Crippen molar-refractivity contribution in [2.75, 3.05) is 13.1 Å². The highest BCUT2D eigenvalue weighted by Gasteiger charge is 2.25. The number of amides is 3. The number of hydrogen-bond donors (Lipinski definition) is 2. The molecule has 3 amide bonds. The predicted molar refractivity (Wildman–Crippen MR) is 71.3 cm³/mol. The third-order valence-electron chi connectivity index (χ3n) is 3.04. The van der Waals surface area contributed by atoms with E-state index in [0.717, 1.165) is 25.9 Å². The number of rotatable bonds is 2. The minimum atomic E-state index is -0.420. The molecule has 0 aromatic carbocycles. The van der Waals surface area contributed by atoms with Crippen molar-refractivity contribution in [2.45, 2.75) is 58.5 Å². The minimum absolute atomic E-state index is 0.223. The molecule has 0 aliphatic carbocycles. The Balaban J connectivity index is 2.41. The lowest BCUT2D eigenvalue weighted by atomic mass is 10.1. The van der Waals surface area contributed by atoms with Crippen molar-refractivity contribution < 1.29 is 9.59 Å². The van der Waals surface area contributed by atoms with Crippen molar-refractivity contribution in [3.8, 4) is 0 Å². The zero-order chi connectivity index (χ0) is 13.8. The maximum atomic E-state index is 11.9. The normalized spacial score (nSPS) is 19.1. The van der Waals surface area contributed by atoms with E-state index in [0.29, 0.717) is 0 Å². The Labute approximate surface area is 109 Å². The van der Waals surface area contributed by atoms with Gasteiger partial charge in [0, 0.05) is 5.54 Å². The van der Waals surface area contributed by atoms with E-state index in [9.17, 15) is 9.59 Å². The first-order chi connectivity index (χ1) is 8.29. The quantitative estimate of drug-likeness (QED) is 0.786. The summed E-state index contributed by atoms with van der Waals surface area (Å²) in [5.41, 5.74) is -0.335. The number of nitrogens with zero attached hydrogens (tertiary/aromatic N) is 1. The SMILES string of the molecule is CC(C(=O)NC(=O)NC(C)(C)C)N1CCCCC1. The molecule has 0 saturated carbocycles. The van der Waals surface area contributed by atoms with Crippen LogP contribution in [-0.4, -0.2) is 41.5 Å². The molecule has 0 aromatic rings. The molecule has 1 fully saturated rings. The van der Waals surface area contributed by atoms with Crippen molar-refractivity contribution in [2.24, 2.45) is 0 Å². The van der Waals surface area contributed by atoms with Crippen LogP contribution in [0.1, 0.15) is 47.0 Å². The van der Waals surface area contributed by atoms with Gasteiger partial charge in [-0.2, -0.15) is 0 Å².